The van der Waals surface area contributed by atoms with Crippen molar-refractivity contribution in [1.29, 1.82) is 0 Å². The zero-order chi connectivity index (χ0) is 12.3. The largest absolute Gasteiger partial charge is 0.329 e. The fourth-order valence-electron chi connectivity index (χ4n) is 2.99. The highest BCUT2D eigenvalue weighted by Gasteiger charge is 2.28. The predicted octanol–water partition coefficient (Wildman–Crippen LogP) is 2.73. The molecule has 1 aliphatic rings. The average molecular weight is 232 g/mol. The van der Waals surface area contributed by atoms with Crippen LogP contribution in [0.15, 0.2) is 24.3 Å². The second-order valence-electron chi connectivity index (χ2n) is 5.30. The monoisotopic (exact) mass is 232 g/mol. The number of hydrogen-bond donors (Lipinski definition) is 1. The molecule has 0 aromatic heterocycles. The van der Waals surface area contributed by atoms with Crippen molar-refractivity contribution < 1.29 is 0 Å². The van der Waals surface area contributed by atoms with Crippen LogP contribution in [0.2, 0.25) is 0 Å². The summed E-state index contributed by atoms with van der Waals surface area (Å²) in [6.07, 6.45) is 2.64. The zero-order valence-corrected chi connectivity index (χ0v) is 11.0. The van der Waals surface area contributed by atoms with Crippen molar-refractivity contribution in [1.82, 2.24) is 4.90 Å². The summed E-state index contributed by atoms with van der Waals surface area (Å²) in [7, 11) is 0. The van der Waals surface area contributed by atoms with Gasteiger partial charge in [0.25, 0.3) is 0 Å². The van der Waals surface area contributed by atoms with Crippen LogP contribution in [0.25, 0.3) is 0 Å². The lowest BCUT2D eigenvalue weighted by Crippen LogP contribution is -2.40. The first-order valence-electron chi connectivity index (χ1n) is 6.73. The van der Waals surface area contributed by atoms with Gasteiger partial charge in [-0.05, 0) is 37.8 Å². The summed E-state index contributed by atoms with van der Waals surface area (Å²) in [5.41, 5.74) is 8.52. The highest BCUT2D eigenvalue weighted by atomic mass is 15.2. The molecule has 2 N–H and O–H groups in total. The molecule has 2 rings (SSSR count). The third-order valence-electron chi connectivity index (χ3n) is 3.87. The van der Waals surface area contributed by atoms with Gasteiger partial charge in [0.05, 0.1) is 0 Å². The fraction of sp³-hybridized carbons (Fsp3) is 0.600. The lowest BCUT2D eigenvalue weighted by molar-refractivity contribution is 0.105. The first-order chi connectivity index (χ1) is 8.22. The van der Waals surface area contributed by atoms with Crippen LogP contribution in [0.4, 0.5) is 0 Å². The topological polar surface area (TPSA) is 29.3 Å². The molecule has 2 unspecified atom stereocenters. The third kappa shape index (κ3) is 2.88. The van der Waals surface area contributed by atoms with E-state index in [-0.39, 0.29) is 0 Å². The predicted molar refractivity (Wildman–Crippen MR) is 72.9 cm³/mol. The van der Waals surface area contributed by atoms with Crippen molar-refractivity contribution in [3.8, 4) is 0 Å². The molecule has 94 valence electrons. The van der Waals surface area contributed by atoms with Gasteiger partial charge in [0.1, 0.15) is 0 Å². The molecule has 0 spiro atoms. The molecule has 2 atom stereocenters. The summed E-state index contributed by atoms with van der Waals surface area (Å²) < 4.78 is 0. The van der Waals surface area contributed by atoms with E-state index in [1.807, 2.05) is 0 Å². The van der Waals surface area contributed by atoms with E-state index in [1.54, 1.807) is 0 Å². The number of hydrogen-bond acceptors (Lipinski definition) is 2. The fourth-order valence-corrected chi connectivity index (χ4v) is 2.99. The van der Waals surface area contributed by atoms with Crippen LogP contribution in [0.1, 0.15) is 36.9 Å². The van der Waals surface area contributed by atoms with E-state index in [0.29, 0.717) is 6.04 Å². The Balaban J connectivity index is 2.21. The lowest BCUT2D eigenvalue weighted by Gasteiger charge is -2.40. The van der Waals surface area contributed by atoms with Crippen LogP contribution < -0.4 is 5.73 Å². The Kier molecular flexibility index (Phi) is 4.19. The Bertz CT molecular complexity index is 342. The number of nitrogens with two attached hydrogens (primary N) is 1. The third-order valence-corrected chi connectivity index (χ3v) is 3.87. The van der Waals surface area contributed by atoms with Gasteiger partial charge in [-0.15, -0.1) is 0 Å². The maximum Gasteiger partial charge on any atom is 0.0374 e. The Morgan fingerprint density at radius 2 is 2.00 bits per heavy atom. The van der Waals surface area contributed by atoms with E-state index in [0.717, 1.165) is 19.0 Å². The van der Waals surface area contributed by atoms with Crippen LogP contribution in [-0.2, 0) is 0 Å². The molecule has 0 aliphatic carbocycles. The van der Waals surface area contributed by atoms with E-state index in [4.69, 9.17) is 5.73 Å². The summed E-state index contributed by atoms with van der Waals surface area (Å²) in [5.74, 6) is 0.734. The van der Waals surface area contributed by atoms with Gasteiger partial charge in [0.15, 0.2) is 0 Å². The maximum atomic E-state index is 5.73. The van der Waals surface area contributed by atoms with Gasteiger partial charge < -0.3 is 5.73 Å². The summed E-state index contributed by atoms with van der Waals surface area (Å²) in [5, 5.41) is 0. The molecule has 1 aromatic rings. The van der Waals surface area contributed by atoms with E-state index in [1.165, 1.54) is 30.5 Å². The summed E-state index contributed by atoms with van der Waals surface area (Å²) in [4.78, 5) is 2.55. The molecule has 1 saturated heterocycles. The number of likely N-dealkylation sites (tertiary alicyclic amines) is 1. The molecule has 0 amide bonds. The highest BCUT2D eigenvalue weighted by Crippen LogP contribution is 2.35. The summed E-state index contributed by atoms with van der Waals surface area (Å²) in [6, 6.07) is 9.57. The molecule has 1 aliphatic heterocycles. The van der Waals surface area contributed by atoms with Crippen molar-refractivity contribution in [2.45, 2.75) is 32.7 Å². The van der Waals surface area contributed by atoms with Crippen molar-refractivity contribution in [3.05, 3.63) is 35.4 Å². The first-order valence-corrected chi connectivity index (χ1v) is 6.73. The van der Waals surface area contributed by atoms with E-state index >= 15 is 0 Å². The number of nitrogens with zero attached hydrogens (tertiary/aromatic N) is 1. The molecule has 2 nitrogen and oxygen atoms in total. The lowest BCUT2D eigenvalue weighted by atomic mass is 9.86. The molecule has 1 aromatic carbocycles. The van der Waals surface area contributed by atoms with Crippen LogP contribution in [0, 0.1) is 12.8 Å². The van der Waals surface area contributed by atoms with Crippen LogP contribution in [-0.4, -0.2) is 24.5 Å². The Morgan fingerprint density at radius 3 is 2.65 bits per heavy atom. The van der Waals surface area contributed by atoms with Crippen LogP contribution in [0.3, 0.4) is 0 Å². The quantitative estimate of drug-likeness (QED) is 0.868. The van der Waals surface area contributed by atoms with Gasteiger partial charge in [-0.1, -0.05) is 36.8 Å². The van der Waals surface area contributed by atoms with Crippen molar-refractivity contribution in [2.24, 2.45) is 11.7 Å². The van der Waals surface area contributed by atoms with E-state index < -0.39 is 0 Å². The highest BCUT2D eigenvalue weighted by molar-refractivity contribution is 5.25. The minimum atomic E-state index is 0.563. The van der Waals surface area contributed by atoms with E-state index in [2.05, 4.69) is 43.0 Å². The molecule has 1 heterocycles. The SMILES string of the molecule is Cc1ccc(C2C(C)CCCN2CCN)cc1. The van der Waals surface area contributed by atoms with Gasteiger partial charge in [0.2, 0.25) is 0 Å². The molecule has 0 bridgehead atoms. The average Bonchev–Trinajstić information content (AvgIpc) is 2.32. The first kappa shape index (κ1) is 12.6. The number of benzene rings is 1. The Hall–Kier alpha value is -0.860. The van der Waals surface area contributed by atoms with Crippen molar-refractivity contribution in [3.63, 3.8) is 0 Å². The number of piperidine rings is 1. The second kappa shape index (κ2) is 5.65. The maximum absolute atomic E-state index is 5.73. The second-order valence-corrected chi connectivity index (χ2v) is 5.30. The summed E-state index contributed by atoms with van der Waals surface area (Å²) >= 11 is 0. The molecule has 0 saturated carbocycles. The van der Waals surface area contributed by atoms with Crippen LogP contribution in [0.5, 0.6) is 0 Å². The number of rotatable bonds is 3. The Labute approximate surface area is 105 Å². The van der Waals surface area contributed by atoms with Crippen molar-refractivity contribution in [2.75, 3.05) is 19.6 Å². The standard InChI is InChI=1S/C15H24N2/c1-12-5-7-14(8-6-12)15-13(2)4-3-10-17(15)11-9-16/h5-8,13,15H,3-4,9-11,16H2,1-2H3. The van der Waals surface area contributed by atoms with E-state index in [9.17, 15) is 0 Å². The van der Waals surface area contributed by atoms with Crippen LogP contribution >= 0.6 is 0 Å². The smallest absolute Gasteiger partial charge is 0.0374 e. The normalized spacial score (nSPS) is 26.1. The molecule has 2 heteroatoms. The molecule has 0 radical (unpaired) electrons. The van der Waals surface area contributed by atoms with Gasteiger partial charge in [0, 0.05) is 19.1 Å². The molecular weight excluding hydrogens is 208 g/mol. The van der Waals surface area contributed by atoms with Crippen molar-refractivity contribution >= 4 is 0 Å². The Morgan fingerprint density at radius 1 is 1.29 bits per heavy atom. The summed E-state index contributed by atoms with van der Waals surface area (Å²) in [6.45, 7) is 7.48. The molecule has 17 heavy (non-hydrogen) atoms. The van der Waals surface area contributed by atoms with Gasteiger partial charge in [-0.3, -0.25) is 4.90 Å². The van der Waals surface area contributed by atoms with Gasteiger partial charge in [-0.2, -0.15) is 0 Å². The molecular formula is C15H24N2. The minimum absolute atomic E-state index is 0.563. The number of aryl methyl sites for hydroxylation is 1. The van der Waals surface area contributed by atoms with Gasteiger partial charge >= 0.3 is 0 Å². The zero-order valence-electron chi connectivity index (χ0n) is 11.0. The minimum Gasteiger partial charge on any atom is -0.329 e. The van der Waals surface area contributed by atoms with Gasteiger partial charge in [-0.25, -0.2) is 0 Å². The molecule has 1 fully saturated rings.